The molecule has 1 aliphatic rings. The summed E-state index contributed by atoms with van der Waals surface area (Å²) in [6.45, 7) is 0.300. The van der Waals surface area contributed by atoms with Crippen molar-refractivity contribution < 1.29 is 28.6 Å². The molecule has 1 amide bonds. The molecule has 3 rings (SSSR count). The Balaban J connectivity index is 1.62. The van der Waals surface area contributed by atoms with Crippen LogP contribution in [-0.4, -0.2) is 45.0 Å². The Morgan fingerprint density at radius 2 is 1.61 bits per heavy atom. The number of anilines is 1. The van der Waals surface area contributed by atoms with E-state index in [1.54, 1.807) is 35.2 Å². The lowest BCUT2D eigenvalue weighted by Crippen LogP contribution is -2.23. The van der Waals surface area contributed by atoms with E-state index in [9.17, 15) is 14.4 Å². The van der Waals surface area contributed by atoms with Gasteiger partial charge in [-0.1, -0.05) is 0 Å². The summed E-state index contributed by atoms with van der Waals surface area (Å²) in [4.78, 5) is 38.0. The zero-order chi connectivity index (χ0) is 20.1. The van der Waals surface area contributed by atoms with Gasteiger partial charge >= 0.3 is 5.97 Å². The fourth-order valence-corrected chi connectivity index (χ4v) is 2.97. The standard InChI is InChI=1S/C21H21NO6/c1-26-17-10-15(11-18(12-17)27-2)21(25)28-13-19(23)14-5-7-16(8-6-14)22-9-3-4-20(22)24/h5-8,10-12H,3-4,9,13H2,1-2H3. The molecule has 7 heteroatoms. The lowest BCUT2D eigenvalue weighted by Gasteiger charge is -2.15. The summed E-state index contributed by atoms with van der Waals surface area (Å²) in [5, 5.41) is 0. The van der Waals surface area contributed by atoms with Crippen molar-refractivity contribution in [2.75, 3.05) is 32.3 Å². The Bertz CT molecular complexity index is 868. The second-order valence-corrected chi connectivity index (χ2v) is 6.30. The number of ether oxygens (including phenoxy) is 3. The Morgan fingerprint density at radius 1 is 0.964 bits per heavy atom. The highest BCUT2D eigenvalue weighted by atomic mass is 16.5. The van der Waals surface area contributed by atoms with Crippen molar-refractivity contribution in [1.29, 1.82) is 0 Å². The first kappa shape index (κ1) is 19.4. The average Bonchev–Trinajstić information content (AvgIpc) is 3.17. The number of carbonyl (C=O) groups is 3. The topological polar surface area (TPSA) is 82.1 Å². The van der Waals surface area contributed by atoms with Gasteiger partial charge in [-0.15, -0.1) is 0 Å². The minimum atomic E-state index is -0.648. The fraction of sp³-hybridized carbons (Fsp3) is 0.286. The van der Waals surface area contributed by atoms with Crippen LogP contribution in [0.15, 0.2) is 42.5 Å². The van der Waals surface area contributed by atoms with Crippen LogP contribution in [0.2, 0.25) is 0 Å². The van der Waals surface area contributed by atoms with Gasteiger partial charge in [-0.3, -0.25) is 9.59 Å². The van der Waals surface area contributed by atoms with Gasteiger partial charge in [-0.25, -0.2) is 4.79 Å². The number of Topliss-reactive ketones (excluding diaryl/α,β-unsaturated/α-hetero) is 1. The molecule has 28 heavy (non-hydrogen) atoms. The predicted octanol–water partition coefficient (Wildman–Crippen LogP) is 2.87. The van der Waals surface area contributed by atoms with E-state index in [1.807, 2.05) is 0 Å². The maximum Gasteiger partial charge on any atom is 0.338 e. The van der Waals surface area contributed by atoms with Crippen molar-refractivity contribution >= 4 is 23.3 Å². The first-order chi connectivity index (χ1) is 13.5. The third kappa shape index (κ3) is 4.31. The van der Waals surface area contributed by atoms with E-state index >= 15 is 0 Å². The molecular weight excluding hydrogens is 362 g/mol. The number of nitrogens with zero attached hydrogens (tertiary/aromatic N) is 1. The molecule has 0 aromatic heterocycles. The van der Waals surface area contributed by atoms with Gasteiger partial charge in [-0.2, -0.15) is 0 Å². The van der Waals surface area contributed by atoms with Crippen molar-refractivity contribution in [1.82, 2.24) is 0 Å². The number of carbonyl (C=O) groups excluding carboxylic acids is 3. The second-order valence-electron chi connectivity index (χ2n) is 6.30. The molecule has 0 unspecified atom stereocenters. The predicted molar refractivity (Wildman–Crippen MR) is 102 cm³/mol. The minimum absolute atomic E-state index is 0.0849. The number of hydrogen-bond donors (Lipinski definition) is 0. The zero-order valence-corrected chi connectivity index (χ0v) is 15.8. The molecule has 0 atom stereocenters. The lowest BCUT2D eigenvalue weighted by atomic mass is 10.1. The lowest BCUT2D eigenvalue weighted by molar-refractivity contribution is -0.117. The van der Waals surface area contributed by atoms with Crippen LogP contribution in [-0.2, 0) is 9.53 Å². The maximum absolute atomic E-state index is 12.3. The van der Waals surface area contributed by atoms with E-state index in [-0.39, 0.29) is 23.9 Å². The first-order valence-corrected chi connectivity index (χ1v) is 8.85. The van der Waals surface area contributed by atoms with Crippen LogP contribution >= 0.6 is 0 Å². The van der Waals surface area contributed by atoms with Crippen LogP contribution in [0.4, 0.5) is 5.69 Å². The van der Waals surface area contributed by atoms with E-state index in [4.69, 9.17) is 14.2 Å². The molecule has 0 saturated carbocycles. The summed E-state index contributed by atoms with van der Waals surface area (Å²) in [7, 11) is 2.96. The molecule has 1 saturated heterocycles. The zero-order valence-electron chi connectivity index (χ0n) is 15.8. The summed E-state index contributed by atoms with van der Waals surface area (Å²) in [5.74, 6) is 0.00316. The van der Waals surface area contributed by atoms with Crippen molar-refractivity contribution in [3.05, 3.63) is 53.6 Å². The molecule has 7 nitrogen and oxygen atoms in total. The third-order valence-electron chi connectivity index (χ3n) is 4.50. The van der Waals surface area contributed by atoms with Crippen LogP contribution in [0, 0.1) is 0 Å². The molecule has 146 valence electrons. The third-order valence-corrected chi connectivity index (χ3v) is 4.50. The Kier molecular flexibility index (Phi) is 5.93. The molecular formula is C21H21NO6. The highest BCUT2D eigenvalue weighted by Gasteiger charge is 2.22. The van der Waals surface area contributed by atoms with Crippen molar-refractivity contribution in [3.8, 4) is 11.5 Å². The monoisotopic (exact) mass is 383 g/mol. The quantitative estimate of drug-likeness (QED) is 0.540. The molecule has 0 aliphatic carbocycles. The van der Waals surface area contributed by atoms with Gasteiger partial charge in [-0.05, 0) is 42.8 Å². The normalized spacial score (nSPS) is 13.4. The number of benzene rings is 2. The minimum Gasteiger partial charge on any atom is -0.497 e. The molecule has 0 radical (unpaired) electrons. The summed E-state index contributed by atoms with van der Waals surface area (Å²) in [6.07, 6.45) is 1.39. The molecule has 0 N–H and O–H groups in total. The first-order valence-electron chi connectivity index (χ1n) is 8.85. The number of ketones is 1. The van der Waals surface area contributed by atoms with Crippen LogP contribution in [0.3, 0.4) is 0 Å². The Labute approximate surface area is 162 Å². The van der Waals surface area contributed by atoms with Crippen LogP contribution in [0.25, 0.3) is 0 Å². The van der Waals surface area contributed by atoms with Gasteiger partial charge in [0.1, 0.15) is 11.5 Å². The van der Waals surface area contributed by atoms with Gasteiger partial charge < -0.3 is 19.1 Å². The van der Waals surface area contributed by atoms with E-state index in [0.717, 1.165) is 12.1 Å². The number of amides is 1. The molecule has 2 aromatic carbocycles. The highest BCUT2D eigenvalue weighted by molar-refractivity contribution is 6.00. The summed E-state index contributed by atoms with van der Waals surface area (Å²) >= 11 is 0. The number of esters is 1. The number of methoxy groups -OCH3 is 2. The Hall–Kier alpha value is -3.35. The van der Waals surface area contributed by atoms with Gasteiger partial charge in [0.2, 0.25) is 5.91 Å². The smallest absolute Gasteiger partial charge is 0.338 e. The van der Waals surface area contributed by atoms with Crippen molar-refractivity contribution in [2.45, 2.75) is 12.8 Å². The highest BCUT2D eigenvalue weighted by Crippen LogP contribution is 2.24. The van der Waals surface area contributed by atoms with Crippen molar-refractivity contribution in [2.24, 2.45) is 0 Å². The van der Waals surface area contributed by atoms with Crippen LogP contribution in [0.5, 0.6) is 11.5 Å². The van der Waals surface area contributed by atoms with Gasteiger partial charge in [0, 0.05) is 30.3 Å². The van der Waals surface area contributed by atoms with Crippen LogP contribution in [0.1, 0.15) is 33.6 Å². The van der Waals surface area contributed by atoms with E-state index < -0.39 is 5.97 Å². The van der Waals surface area contributed by atoms with E-state index in [1.165, 1.54) is 26.4 Å². The molecule has 1 fully saturated rings. The molecule has 1 heterocycles. The maximum atomic E-state index is 12.3. The Morgan fingerprint density at radius 3 is 2.14 bits per heavy atom. The molecule has 0 bridgehead atoms. The molecule has 2 aromatic rings. The van der Waals surface area contributed by atoms with Crippen LogP contribution < -0.4 is 14.4 Å². The van der Waals surface area contributed by atoms with E-state index in [0.29, 0.717) is 30.0 Å². The SMILES string of the molecule is COc1cc(OC)cc(C(=O)OCC(=O)c2ccc(N3CCCC3=O)cc2)c1. The van der Waals surface area contributed by atoms with Crippen molar-refractivity contribution in [3.63, 3.8) is 0 Å². The average molecular weight is 383 g/mol. The summed E-state index contributed by atoms with van der Waals surface area (Å²) < 4.78 is 15.4. The van der Waals surface area contributed by atoms with E-state index in [2.05, 4.69) is 0 Å². The summed E-state index contributed by atoms with van der Waals surface area (Å²) in [6, 6.07) is 11.4. The molecule has 0 spiro atoms. The van der Waals surface area contributed by atoms with Gasteiger partial charge in [0.15, 0.2) is 12.4 Å². The van der Waals surface area contributed by atoms with Gasteiger partial charge in [0.25, 0.3) is 0 Å². The second kappa shape index (κ2) is 8.56. The van der Waals surface area contributed by atoms with Gasteiger partial charge in [0.05, 0.1) is 19.8 Å². The number of hydrogen-bond acceptors (Lipinski definition) is 6. The molecule has 1 aliphatic heterocycles. The summed E-state index contributed by atoms with van der Waals surface area (Å²) in [5.41, 5.74) is 1.40. The fourth-order valence-electron chi connectivity index (χ4n) is 2.97. The number of rotatable bonds is 7. The largest absolute Gasteiger partial charge is 0.497 e.